The highest BCUT2D eigenvalue weighted by Gasteiger charge is 2.25. The van der Waals surface area contributed by atoms with Crippen molar-refractivity contribution in [3.63, 3.8) is 0 Å². The number of benzene rings is 1. The topological polar surface area (TPSA) is 82.7 Å². The third-order valence-electron chi connectivity index (χ3n) is 4.09. The second-order valence-corrected chi connectivity index (χ2v) is 5.67. The molecule has 2 aromatic rings. The maximum Gasteiger partial charge on any atom is 0.342 e. The van der Waals surface area contributed by atoms with Crippen LogP contribution in [0.5, 0.6) is 11.5 Å². The summed E-state index contributed by atoms with van der Waals surface area (Å²) in [5, 5.41) is 10.9. The van der Waals surface area contributed by atoms with E-state index in [0.29, 0.717) is 25.5 Å². The summed E-state index contributed by atoms with van der Waals surface area (Å²) >= 11 is 0. The summed E-state index contributed by atoms with van der Waals surface area (Å²) in [6.45, 7) is 4.47. The Kier molecular flexibility index (Phi) is 4.66. The fourth-order valence-electron chi connectivity index (χ4n) is 2.70. The van der Waals surface area contributed by atoms with Crippen LogP contribution in [0.3, 0.4) is 0 Å². The molecule has 8 nitrogen and oxygen atoms in total. The molecule has 128 valence electrons. The molecule has 1 aliphatic rings. The van der Waals surface area contributed by atoms with Gasteiger partial charge in [0.2, 0.25) is 5.82 Å². The fraction of sp³-hybridized carbons (Fsp3) is 0.438. The Morgan fingerprint density at radius 3 is 2.83 bits per heavy atom. The van der Waals surface area contributed by atoms with Crippen LogP contribution in [0.2, 0.25) is 0 Å². The first-order valence-corrected chi connectivity index (χ1v) is 7.84. The number of ether oxygens (including phenoxy) is 2. The van der Waals surface area contributed by atoms with Crippen LogP contribution in [-0.2, 0) is 13.6 Å². The first-order valence-electron chi connectivity index (χ1n) is 7.84. The molecule has 2 heterocycles. The number of likely N-dealkylation sites (N-methyl/N-ethyl adjacent to an activating group) is 1. The average Bonchev–Trinajstić information content (AvgIpc) is 2.95. The zero-order valence-corrected chi connectivity index (χ0v) is 13.7. The Balaban J connectivity index is 1.65. The highest BCUT2D eigenvalue weighted by Crippen LogP contribution is 2.31. The van der Waals surface area contributed by atoms with Gasteiger partial charge in [0.25, 0.3) is 0 Å². The van der Waals surface area contributed by atoms with Gasteiger partial charge in [0.1, 0.15) is 18.9 Å². The van der Waals surface area contributed by atoms with Crippen LogP contribution in [0.15, 0.2) is 30.5 Å². The zero-order valence-electron chi connectivity index (χ0n) is 13.7. The van der Waals surface area contributed by atoms with E-state index in [1.165, 1.54) is 10.8 Å². The number of aromatic nitrogens is 2. The molecule has 1 aromatic carbocycles. The molecule has 0 fully saturated rings. The molecule has 0 bridgehead atoms. The molecule has 3 rings (SSSR count). The van der Waals surface area contributed by atoms with E-state index >= 15 is 0 Å². The average molecular weight is 332 g/mol. The number of imidazole rings is 1. The van der Waals surface area contributed by atoms with E-state index < -0.39 is 4.92 Å². The second kappa shape index (κ2) is 6.88. The van der Waals surface area contributed by atoms with Gasteiger partial charge in [-0.3, -0.25) is 4.90 Å². The van der Waals surface area contributed by atoms with E-state index in [-0.39, 0.29) is 11.9 Å². The minimum atomic E-state index is -0.429. The van der Waals surface area contributed by atoms with Crippen molar-refractivity contribution >= 4 is 5.82 Å². The molecular formula is C16H20N4O4. The number of nitro groups is 1. The summed E-state index contributed by atoms with van der Waals surface area (Å²) in [5.74, 6) is 2.15. The van der Waals surface area contributed by atoms with Crippen LogP contribution < -0.4 is 9.47 Å². The highest BCUT2D eigenvalue weighted by atomic mass is 16.6. The molecule has 0 N–H and O–H groups in total. The van der Waals surface area contributed by atoms with E-state index in [9.17, 15) is 10.1 Å². The lowest BCUT2D eigenvalue weighted by Gasteiger charge is -2.30. The third-order valence-corrected chi connectivity index (χ3v) is 4.09. The smallest absolute Gasteiger partial charge is 0.342 e. The summed E-state index contributed by atoms with van der Waals surface area (Å²) in [5.41, 5.74) is 0. The van der Waals surface area contributed by atoms with Gasteiger partial charge in [0.05, 0.1) is 13.6 Å². The van der Waals surface area contributed by atoms with Gasteiger partial charge < -0.3 is 19.6 Å². The predicted molar refractivity (Wildman–Crippen MR) is 87.2 cm³/mol. The molecule has 0 aliphatic carbocycles. The van der Waals surface area contributed by atoms with Crippen molar-refractivity contribution in [3.8, 4) is 11.5 Å². The van der Waals surface area contributed by atoms with Gasteiger partial charge in [-0.15, -0.1) is 0 Å². The number of para-hydroxylation sites is 2. The number of nitrogens with zero attached hydrogens (tertiary/aromatic N) is 4. The minimum Gasteiger partial charge on any atom is -0.486 e. The second-order valence-electron chi connectivity index (χ2n) is 5.67. The maximum atomic E-state index is 10.9. The minimum absolute atomic E-state index is 0.00719. The Morgan fingerprint density at radius 1 is 1.42 bits per heavy atom. The molecule has 0 spiro atoms. The van der Waals surface area contributed by atoms with Crippen molar-refractivity contribution in [2.75, 3.05) is 19.7 Å². The van der Waals surface area contributed by atoms with Crippen LogP contribution in [0, 0.1) is 10.1 Å². The van der Waals surface area contributed by atoms with Crippen LogP contribution in [0.4, 0.5) is 5.82 Å². The number of rotatable bonds is 6. The Morgan fingerprint density at radius 2 is 2.17 bits per heavy atom. The monoisotopic (exact) mass is 332 g/mol. The first kappa shape index (κ1) is 16.3. The third kappa shape index (κ3) is 3.33. The molecule has 0 radical (unpaired) electrons. The van der Waals surface area contributed by atoms with Crippen molar-refractivity contribution in [1.82, 2.24) is 14.5 Å². The molecule has 0 saturated carbocycles. The SMILES string of the molecule is CCN(Cc1ncc([N+](=O)[O-])n1C)CC1COc2ccccc2O1. The first-order chi connectivity index (χ1) is 11.6. The van der Waals surface area contributed by atoms with Crippen LogP contribution in [-0.4, -0.2) is 45.2 Å². The maximum absolute atomic E-state index is 10.9. The van der Waals surface area contributed by atoms with E-state index in [2.05, 4.69) is 9.88 Å². The lowest BCUT2D eigenvalue weighted by Crippen LogP contribution is -2.41. The lowest BCUT2D eigenvalue weighted by atomic mass is 10.2. The molecule has 24 heavy (non-hydrogen) atoms. The largest absolute Gasteiger partial charge is 0.486 e. The van der Waals surface area contributed by atoms with Crippen molar-refractivity contribution in [2.24, 2.45) is 7.05 Å². The van der Waals surface area contributed by atoms with Gasteiger partial charge in [0, 0.05) is 6.54 Å². The highest BCUT2D eigenvalue weighted by molar-refractivity contribution is 5.40. The van der Waals surface area contributed by atoms with Crippen LogP contribution in [0.1, 0.15) is 12.7 Å². The molecule has 1 atom stereocenters. The van der Waals surface area contributed by atoms with Crippen LogP contribution >= 0.6 is 0 Å². The summed E-state index contributed by atoms with van der Waals surface area (Å²) < 4.78 is 13.2. The standard InChI is InChI=1S/C16H20N4O4/c1-3-19(10-15-17-8-16(18(15)2)20(21)22)9-12-11-23-13-6-4-5-7-14(13)24-12/h4-8,12H,3,9-11H2,1-2H3. The summed E-state index contributed by atoms with van der Waals surface area (Å²) in [6, 6.07) is 7.60. The summed E-state index contributed by atoms with van der Waals surface area (Å²) in [6.07, 6.45) is 1.20. The van der Waals surface area contributed by atoms with E-state index in [1.807, 2.05) is 31.2 Å². The normalized spacial score (nSPS) is 16.4. The van der Waals surface area contributed by atoms with E-state index in [1.54, 1.807) is 7.05 Å². The number of hydrogen-bond donors (Lipinski definition) is 0. The van der Waals surface area contributed by atoms with Crippen molar-refractivity contribution in [3.05, 3.63) is 46.4 Å². The molecule has 8 heteroatoms. The summed E-state index contributed by atoms with van der Waals surface area (Å²) in [7, 11) is 1.66. The Hall–Kier alpha value is -2.61. The fourth-order valence-corrected chi connectivity index (χ4v) is 2.70. The van der Waals surface area contributed by atoms with E-state index in [4.69, 9.17) is 9.47 Å². The van der Waals surface area contributed by atoms with Gasteiger partial charge >= 0.3 is 5.82 Å². The van der Waals surface area contributed by atoms with Gasteiger partial charge in [-0.05, 0) is 23.6 Å². The number of hydrogen-bond acceptors (Lipinski definition) is 6. The molecule has 1 aromatic heterocycles. The summed E-state index contributed by atoms with van der Waals surface area (Å²) in [4.78, 5) is 16.8. The van der Waals surface area contributed by atoms with E-state index in [0.717, 1.165) is 18.0 Å². The van der Waals surface area contributed by atoms with Gasteiger partial charge in [-0.25, -0.2) is 9.55 Å². The van der Waals surface area contributed by atoms with Gasteiger partial charge in [-0.2, -0.15) is 0 Å². The number of fused-ring (bicyclic) bond motifs is 1. The molecule has 0 saturated heterocycles. The quantitative estimate of drug-likeness (QED) is 0.594. The molecular weight excluding hydrogens is 312 g/mol. The zero-order chi connectivity index (χ0) is 17.1. The lowest BCUT2D eigenvalue weighted by molar-refractivity contribution is -0.391. The predicted octanol–water partition coefficient (Wildman–Crippen LogP) is 1.99. The van der Waals surface area contributed by atoms with Crippen molar-refractivity contribution < 1.29 is 14.4 Å². The molecule has 0 amide bonds. The van der Waals surface area contributed by atoms with Gasteiger partial charge in [0.15, 0.2) is 11.5 Å². The van der Waals surface area contributed by atoms with Crippen molar-refractivity contribution in [2.45, 2.75) is 19.6 Å². The van der Waals surface area contributed by atoms with Gasteiger partial charge in [-0.1, -0.05) is 19.1 Å². The molecule has 1 aliphatic heterocycles. The van der Waals surface area contributed by atoms with Crippen molar-refractivity contribution in [1.29, 1.82) is 0 Å². The Labute approximate surface area is 139 Å². The molecule has 1 unspecified atom stereocenters. The van der Waals surface area contributed by atoms with Crippen LogP contribution in [0.25, 0.3) is 0 Å². The Bertz CT molecular complexity index is 731.